The number of aliphatic carboxylic acids is 1. The summed E-state index contributed by atoms with van der Waals surface area (Å²) in [7, 11) is 0. The van der Waals surface area contributed by atoms with Gasteiger partial charge in [0.05, 0.1) is 12.5 Å². The number of carboxylic acid groups (broad SMARTS) is 1. The van der Waals surface area contributed by atoms with Crippen LogP contribution in [0.15, 0.2) is 18.2 Å². The highest BCUT2D eigenvalue weighted by molar-refractivity contribution is 5.99. The molecule has 0 fully saturated rings. The summed E-state index contributed by atoms with van der Waals surface area (Å²) in [6.07, 6.45) is -3.40. The van der Waals surface area contributed by atoms with E-state index in [1.165, 1.54) is 25.1 Å². The molecule has 0 aromatic heterocycles. The van der Waals surface area contributed by atoms with Crippen molar-refractivity contribution in [3.63, 3.8) is 0 Å². The van der Waals surface area contributed by atoms with Gasteiger partial charge in [0.15, 0.2) is 5.78 Å². The molecule has 1 aromatic rings. The fourth-order valence-corrected chi connectivity index (χ4v) is 1.58. The number of nitrogen functional groups attached to an aromatic ring is 1. The van der Waals surface area contributed by atoms with Crippen LogP contribution in [0.3, 0.4) is 0 Å². The van der Waals surface area contributed by atoms with Crippen molar-refractivity contribution in [2.45, 2.75) is 25.6 Å². The molecule has 98 valence electrons. The van der Waals surface area contributed by atoms with Crippen LogP contribution in [0.1, 0.15) is 35.4 Å². The standard InChI is InChI=1S/C12H15NO5/c1-6(14)8-4-7(2-3-9(8)13)12(18)10(15)5-11(16)17/h2-4,10,12,15,18H,5,13H2,1H3,(H,16,17). The first-order valence-electron chi connectivity index (χ1n) is 5.31. The first kappa shape index (κ1) is 14.1. The zero-order chi connectivity index (χ0) is 13.9. The molecule has 0 saturated carbocycles. The SMILES string of the molecule is CC(=O)c1cc(C(O)C(O)CC(=O)O)ccc1N. The Labute approximate surface area is 104 Å². The lowest BCUT2D eigenvalue weighted by Gasteiger charge is -2.17. The van der Waals surface area contributed by atoms with Gasteiger partial charge in [-0.1, -0.05) is 6.07 Å². The highest BCUT2D eigenvalue weighted by atomic mass is 16.4. The number of carboxylic acids is 1. The molecule has 0 saturated heterocycles. The minimum Gasteiger partial charge on any atom is -0.481 e. The third-order valence-corrected chi connectivity index (χ3v) is 2.55. The molecular formula is C12H15NO5. The Hall–Kier alpha value is -1.92. The van der Waals surface area contributed by atoms with Crippen LogP contribution in [0, 0.1) is 0 Å². The Balaban J connectivity index is 2.99. The maximum absolute atomic E-state index is 11.3. The van der Waals surface area contributed by atoms with Crippen molar-refractivity contribution in [2.75, 3.05) is 5.73 Å². The van der Waals surface area contributed by atoms with E-state index >= 15 is 0 Å². The lowest BCUT2D eigenvalue weighted by Crippen LogP contribution is -2.22. The van der Waals surface area contributed by atoms with Crippen LogP contribution in [0.25, 0.3) is 0 Å². The van der Waals surface area contributed by atoms with Crippen LogP contribution >= 0.6 is 0 Å². The van der Waals surface area contributed by atoms with Crippen LogP contribution in [0.4, 0.5) is 5.69 Å². The van der Waals surface area contributed by atoms with Crippen molar-refractivity contribution in [3.05, 3.63) is 29.3 Å². The number of anilines is 1. The summed E-state index contributed by atoms with van der Waals surface area (Å²) in [4.78, 5) is 21.7. The third-order valence-electron chi connectivity index (χ3n) is 2.55. The summed E-state index contributed by atoms with van der Waals surface area (Å²) in [5.74, 6) is -1.49. The lowest BCUT2D eigenvalue weighted by molar-refractivity contribution is -0.141. The van der Waals surface area contributed by atoms with Crippen molar-refractivity contribution >= 4 is 17.4 Å². The first-order valence-corrected chi connectivity index (χ1v) is 5.31. The van der Waals surface area contributed by atoms with Crippen LogP contribution in [0.2, 0.25) is 0 Å². The molecule has 0 heterocycles. The van der Waals surface area contributed by atoms with E-state index in [9.17, 15) is 19.8 Å². The predicted molar refractivity (Wildman–Crippen MR) is 64.1 cm³/mol. The van der Waals surface area contributed by atoms with Gasteiger partial charge in [0, 0.05) is 11.3 Å². The Morgan fingerprint density at radius 3 is 2.44 bits per heavy atom. The monoisotopic (exact) mass is 253 g/mol. The van der Waals surface area contributed by atoms with Gasteiger partial charge in [-0.25, -0.2) is 0 Å². The number of hydrogen-bond donors (Lipinski definition) is 4. The number of aliphatic hydroxyl groups excluding tert-OH is 2. The van der Waals surface area contributed by atoms with E-state index < -0.39 is 24.6 Å². The van der Waals surface area contributed by atoms with Crippen molar-refractivity contribution in [3.8, 4) is 0 Å². The number of hydrogen-bond acceptors (Lipinski definition) is 5. The average Bonchev–Trinajstić information content (AvgIpc) is 2.27. The molecule has 0 aliphatic rings. The van der Waals surface area contributed by atoms with Crippen LogP contribution in [0.5, 0.6) is 0 Å². The maximum Gasteiger partial charge on any atom is 0.306 e. The first-order chi connectivity index (χ1) is 8.32. The van der Waals surface area contributed by atoms with Crippen molar-refractivity contribution < 1.29 is 24.9 Å². The Bertz CT molecular complexity index is 472. The van der Waals surface area contributed by atoms with Gasteiger partial charge >= 0.3 is 5.97 Å². The second-order valence-electron chi connectivity index (χ2n) is 4.01. The van der Waals surface area contributed by atoms with Crippen molar-refractivity contribution in [1.82, 2.24) is 0 Å². The Morgan fingerprint density at radius 1 is 1.33 bits per heavy atom. The summed E-state index contributed by atoms with van der Waals surface area (Å²) in [6.45, 7) is 1.33. The lowest BCUT2D eigenvalue weighted by atomic mass is 9.98. The smallest absolute Gasteiger partial charge is 0.306 e. The van der Waals surface area contributed by atoms with E-state index in [0.717, 1.165) is 0 Å². The summed E-state index contributed by atoms with van der Waals surface area (Å²) < 4.78 is 0. The van der Waals surface area contributed by atoms with Crippen LogP contribution < -0.4 is 5.73 Å². The van der Waals surface area contributed by atoms with Crippen molar-refractivity contribution in [2.24, 2.45) is 0 Å². The molecule has 6 nitrogen and oxygen atoms in total. The molecule has 5 N–H and O–H groups in total. The minimum absolute atomic E-state index is 0.231. The average molecular weight is 253 g/mol. The van der Waals surface area contributed by atoms with Gasteiger partial charge in [-0.2, -0.15) is 0 Å². The Morgan fingerprint density at radius 2 is 1.94 bits per heavy atom. The minimum atomic E-state index is -1.44. The van der Waals surface area contributed by atoms with Gasteiger partial charge in [-0.3, -0.25) is 9.59 Å². The molecule has 6 heteroatoms. The molecule has 0 bridgehead atoms. The summed E-state index contributed by atoms with van der Waals surface area (Å²) in [6, 6.07) is 4.23. The highest BCUT2D eigenvalue weighted by Crippen LogP contribution is 2.23. The van der Waals surface area contributed by atoms with E-state index in [0.29, 0.717) is 0 Å². The summed E-state index contributed by atoms with van der Waals surface area (Å²) in [5, 5.41) is 27.8. The number of ketones is 1. The molecule has 0 spiro atoms. The van der Waals surface area contributed by atoms with Gasteiger partial charge in [0.25, 0.3) is 0 Å². The number of carbonyl (C=O) groups is 2. The second-order valence-corrected chi connectivity index (χ2v) is 4.01. The molecule has 0 radical (unpaired) electrons. The summed E-state index contributed by atoms with van der Waals surface area (Å²) >= 11 is 0. The zero-order valence-corrected chi connectivity index (χ0v) is 9.83. The Kier molecular flexibility index (Phi) is 4.41. The molecule has 2 unspecified atom stereocenters. The normalized spacial score (nSPS) is 13.9. The van der Waals surface area contributed by atoms with E-state index in [4.69, 9.17) is 10.8 Å². The maximum atomic E-state index is 11.3. The second kappa shape index (κ2) is 5.61. The fourth-order valence-electron chi connectivity index (χ4n) is 1.58. The van der Waals surface area contributed by atoms with E-state index in [2.05, 4.69) is 0 Å². The quantitative estimate of drug-likeness (QED) is 0.443. The number of Topliss-reactive ketones (excluding diaryl/α,β-unsaturated/α-hetero) is 1. The number of aliphatic hydroxyl groups is 2. The molecule has 0 aliphatic heterocycles. The topological polar surface area (TPSA) is 121 Å². The van der Waals surface area contributed by atoms with Gasteiger partial charge in [0.2, 0.25) is 0 Å². The molecular weight excluding hydrogens is 238 g/mol. The number of rotatable bonds is 5. The van der Waals surface area contributed by atoms with Gasteiger partial charge in [-0.15, -0.1) is 0 Å². The molecule has 0 aliphatic carbocycles. The zero-order valence-electron chi connectivity index (χ0n) is 9.83. The number of nitrogens with two attached hydrogens (primary N) is 1. The number of carbonyl (C=O) groups excluding carboxylic acids is 1. The van der Waals surface area contributed by atoms with Crippen LogP contribution in [-0.2, 0) is 4.79 Å². The van der Waals surface area contributed by atoms with Gasteiger partial charge in [-0.05, 0) is 24.6 Å². The van der Waals surface area contributed by atoms with Crippen molar-refractivity contribution in [1.29, 1.82) is 0 Å². The van der Waals surface area contributed by atoms with Crippen LogP contribution in [-0.4, -0.2) is 33.2 Å². The molecule has 18 heavy (non-hydrogen) atoms. The highest BCUT2D eigenvalue weighted by Gasteiger charge is 2.22. The largest absolute Gasteiger partial charge is 0.481 e. The fraction of sp³-hybridized carbons (Fsp3) is 0.333. The summed E-state index contributed by atoms with van der Waals surface area (Å²) in [5.41, 5.74) is 6.34. The molecule has 1 aromatic carbocycles. The third kappa shape index (κ3) is 3.28. The van der Waals surface area contributed by atoms with Gasteiger partial charge < -0.3 is 21.1 Å². The van der Waals surface area contributed by atoms with E-state index in [1.54, 1.807) is 0 Å². The molecule has 0 amide bonds. The number of benzene rings is 1. The van der Waals surface area contributed by atoms with E-state index in [1.807, 2.05) is 0 Å². The molecule has 1 rings (SSSR count). The van der Waals surface area contributed by atoms with E-state index in [-0.39, 0.29) is 22.6 Å². The molecule has 2 atom stereocenters. The van der Waals surface area contributed by atoms with Gasteiger partial charge in [0.1, 0.15) is 6.10 Å². The predicted octanol–water partition coefficient (Wildman–Crippen LogP) is 0.340.